The molecule has 0 rings (SSSR count). The van der Waals surface area contributed by atoms with Crippen LogP contribution in [0.2, 0.25) is 0 Å². The molecule has 0 heterocycles. The van der Waals surface area contributed by atoms with Gasteiger partial charge in [0, 0.05) is 13.2 Å². The highest BCUT2D eigenvalue weighted by Gasteiger charge is 2.06. The fourth-order valence-corrected chi connectivity index (χ4v) is 0.204. The molecule has 0 aromatic carbocycles. The van der Waals surface area contributed by atoms with Crippen LogP contribution in [0.1, 0.15) is 13.8 Å². The number of ether oxygens (including phenoxy) is 1. The lowest BCUT2D eigenvalue weighted by atomic mass is 10.5. The summed E-state index contributed by atoms with van der Waals surface area (Å²) in [6.07, 6.45) is 0. The molecule has 0 aliphatic carbocycles. The van der Waals surface area contributed by atoms with Crippen molar-refractivity contribution in [3.63, 3.8) is 0 Å². The SMILES string of the molecule is CCOCC.F.FB(F)F. The second-order valence-corrected chi connectivity index (χ2v) is 1.03. The molecule has 6 heteroatoms. The normalized spacial score (nSPS) is 6.90. The molecule has 0 aromatic heterocycles. The fourth-order valence-electron chi connectivity index (χ4n) is 0.204. The van der Waals surface area contributed by atoms with Gasteiger partial charge in [0.1, 0.15) is 0 Å². The van der Waals surface area contributed by atoms with Gasteiger partial charge in [-0.1, -0.05) is 0 Å². The standard InChI is InChI=1S/C4H10O.BF3.FH/c1-3-5-4-2;2-1(3)4;/h3-4H2,1-2H3;;1H. The maximum absolute atomic E-state index is 9.67. The Bertz CT molecular complexity index is 41.5. The first kappa shape index (κ1) is 16.4. The first-order valence-electron chi connectivity index (χ1n) is 2.65. The van der Waals surface area contributed by atoms with Crippen molar-refractivity contribution in [3.8, 4) is 0 Å². The number of hydrogen-bond donors (Lipinski definition) is 0. The van der Waals surface area contributed by atoms with Gasteiger partial charge in [0.2, 0.25) is 0 Å². The first-order chi connectivity index (χ1) is 4.15. The molecular formula is C4H11BF4O. The van der Waals surface area contributed by atoms with Crippen molar-refractivity contribution >= 4 is 7.54 Å². The maximum atomic E-state index is 9.67. The Morgan fingerprint density at radius 2 is 1.30 bits per heavy atom. The molecule has 0 atom stereocenters. The van der Waals surface area contributed by atoms with Crippen molar-refractivity contribution in [1.29, 1.82) is 0 Å². The fraction of sp³-hybridized carbons (Fsp3) is 1.00. The van der Waals surface area contributed by atoms with E-state index in [0.717, 1.165) is 13.2 Å². The molecule has 0 spiro atoms. The molecule has 0 saturated heterocycles. The lowest BCUT2D eigenvalue weighted by Gasteiger charge is -1.86. The van der Waals surface area contributed by atoms with Crippen molar-refractivity contribution in [1.82, 2.24) is 0 Å². The topological polar surface area (TPSA) is 9.23 Å². The summed E-state index contributed by atoms with van der Waals surface area (Å²) in [6.45, 7) is 5.67. The van der Waals surface area contributed by atoms with E-state index in [2.05, 4.69) is 0 Å². The average molecular weight is 162 g/mol. The van der Waals surface area contributed by atoms with Crippen molar-refractivity contribution in [2.45, 2.75) is 13.8 Å². The quantitative estimate of drug-likeness (QED) is 0.446. The third kappa shape index (κ3) is 116. The van der Waals surface area contributed by atoms with Crippen molar-refractivity contribution < 1.29 is 22.4 Å². The van der Waals surface area contributed by atoms with Crippen LogP contribution in [0.15, 0.2) is 0 Å². The summed E-state index contributed by atoms with van der Waals surface area (Å²) in [5.41, 5.74) is 0. The molecule has 64 valence electrons. The second-order valence-electron chi connectivity index (χ2n) is 1.03. The van der Waals surface area contributed by atoms with Crippen LogP contribution in [-0.4, -0.2) is 20.8 Å². The van der Waals surface area contributed by atoms with Gasteiger partial charge in [0.15, 0.2) is 0 Å². The van der Waals surface area contributed by atoms with Crippen LogP contribution >= 0.6 is 0 Å². The summed E-state index contributed by atoms with van der Waals surface area (Å²) in [5, 5.41) is 0. The monoisotopic (exact) mass is 162 g/mol. The van der Waals surface area contributed by atoms with E-state index in [1.807, 2.05) is 13.8 Å². The van der Waals surface area contributed by atoms with Gasteiger partial charge in [0.05, 0.1) is 0 Å². The smallest absolute Gasteiger partial charge is 0.382 e. The number of rotatable bonds is 2. The summed E-state index contributed by atoms with van der Waals surface area (Å²) in [7, 11) is -3.67. The van der Waals surface area contributed by atoms with Crippen LogP contribution in [0.3, 0.4) is 0 Å². The summed E-state index contributed by atoms with van der Waals surface area (Å²) in [5.74, 6) is 0. The largest absolute Gasteiger partial charge is 0.762 e. The molecule has 0 N–H and O–H groups in total. The van der Waals surface area contributed by atoms with E-state index >= 15 is 0 Å². The number of halogens is 4. The summed E-state index contributed by atoms with van der Waals surface area (Å²) >= 11 is 0. The Morgan fingerprint density at radius 1 is 1.10 bits per heavy atom. The predicted octanol–water partition coefficient (Wildman–Crippen LogP) is 2.08. The zero-order chi connectivity index (χ0) is 7.70. The molecule has 0 aliphatic heterocycles. The van der Waals surface area contributed by atoms with E-state index in [-0.39, 0.29) is 4.70 Å². The van der Waals surface area contributed by atoms with Gasteiger partial charge >= 0.3 is 7.54 Å². The van der Waals surface area contributed by atoms with Crippen molar-refractivity contribution in [2.75, 3.05) is 13.2 Å². The Kier molecular flexibility index (Phi) is 26.0. The van der Waals surface area contributed by atoms with Gasteiger partial charge in [-0.05, 0) is 13.8 Å². The number of hydrogen-bond acceptors (Lipinski definition) is 1. The van der Waals surface area contributed by atoms with Crippen LogP contribution in [0.25, 0.3) is 0 Å². The van der Waals surface area contributed by atoms with Gasteiger partial charge in [-0.2, -0.15) is 0 Å². The Labute approximate surface area is 58.1 Å². The summed E-state index contributed by atoms with van der Waals surface area (Å²) in [4.78, 5) is 0. The van der Waals surface area contributed by atoms with Crippen LogP contribution < -0.4 is 0 Å². The predicted molar refractivity (Wildman–Crippen MR) is 33.7 cm³/mol. The minimum Gasteiger partial charge on any atom is -0.382 e. The van der Waals surface area contributed by atoms with Crippen molar-refractivity contribution in [2.24, 2.45) is 0 Å². The van der Waals surface area contributed by atoms with Crippen LogP contribution in [0, 0.1) is 0 Å². The first-order valence-corrected chi connectivity index (χ1v) is 2.65. The third-order valence-electron chi connectivity index (χ3n) is 0.408. The van der Waals surface area contributed by atoms with Crippen LogP contribution in [0.4, 0.5) is 17.7 Å². The van der Waals surface area contributed by atoms with E-state index in [9.17, 15) is 12.9 Å². The van der Waals surface area contributed by atoms with Gasteiger partial charge < -0.3 is 4.74 Å². The van der Waals surface area contributed by atoms with Gasteiger partial charge in [0.25, 0.3) is 0 Å². The zero-order valence-corrected chi connectivity index (χ0v) is 5.94. The Hall–Kier alpha value is -0.255. The van der Waals surface area contributed by atoms with E-state index in [1.54, 1.807) is 0 Å². The summed E-state index contributed by atoms with van der Waals surface area (Å²) < 4.78 is 33.8. The molecule has 0 amide bonds. The average Bonchev–Trinajstić information content (AvgIpc) is 1.66. The molecule has 10 heavy (non-hydrogen) atoms. The molecule has 1 nitrogen and oxygen atoms in total. The van der Waals surface area contributed by atoms with E-state index in [1.165, 1.54) is 0 Å². The van der Waals surface area contributed by atoms with E-state index < -0.39 is 7.54 Å². The highest BCUT2D eigenvalue weighted by molar-refractivity contribution is 6.33. The highest BCUT2D eigenvalue weighted by atomic mass is 19.4. The van der Waals surface area contributed by atoms with Gasteiger partial charge in [-0.3, -0.25) is 17.7 Å². The molecule has 0 unspecified atom stereocenters. The van der Waals surface area contributed by atoms with Crippen LogP contribution in [0.5, 0.6) is 0 Å². The minimum atomic E-state index is -3.67. The molecule has 0 aromatic rings. The zero-order valence-electron chi connectivity index (χ0n) is 5.94. The van der Waals surface area contributed by atoms with Crippen molar-refractivity contribution in [3.05, 3.63) is 0 Å². The lowest BCUT2D eigenvalue weighted by Crippen LogP contribution is -1.84. The lowest BCUT2D eigenvalue weighted by molar-refractivity contribution is 0.162. The molecule has 0 aliphatic rings. The maximum Gasteiger partial charge on any atom is 0.762 e. The van der Waals surface area contributed by atoms with Gasteiger partial charge in [-0.15, -0.1) is 0 Å². The minimum absolute atomic E-state index is 0. The molecule has 0 saturated carbocycles. The third-order valence-corrected chi connectivity index (χ3v) is 0.408. The van der Waals surface area contributed by atoms with Gasteiger partial charge in [-0.25, -0.2) is 0 Å². The summed E-state index contributed by atoms with van der Waals surface area (Å²) in [6, 6.07) is 0. The van der Waals surface area contributed by atoms with E-state index in [4.69, 9.17) is 4.74 Å². The van der Waals surface area contributed by atoms with Crippen LogP contribution in [-0.2, 0) is 4.74 Å². The molecule has 0 radical (unpaired) electrons. The highest BCUT2D eigenvalue weighted by Crippen LogP contribution is 1.80. The second kappa shape index (κ2) is 15.9. The van der Waals surface area contributed by atoms with E-state index in [0.29, 0.717) is 0 Å². The Balaban J connectivity index is -0.0000000910. The molecule has 0 bridgehead atoms. The molecule has 0 fully saturated rings. The Morgan fingerprint density at radius 3 is 1.30 bits per heavy atom. The molecular weight excluding hydrogens is 151 g/mol.